The van der Waals surface area contributed by atoms with Crippen LogP contribution < -0.4 is 5.32 Å². The van der Waals surface area contributed by atoms with Gasteiger partial charge in [0.1, 0.15) is 0 Å². The number of hydrogen-bond acceptors (Lipinski definition) is 6. The molecule has 0 spiro atoms. The van der Waals surface area contributed by atoms with Gasteiger partial charge in [0.25, 0.3) is 0 Å². The minimum Gasteiger partial charge on any atom is -0.394 e. The smallest absolute Gasteiger partial charge is 0.179 e. The van der Waals surface area contributed by atoms with E-state index in [4.69, 9.17) is 5.11 Å². The first-order valence-electron chi connectivity index (χ1n) is 7.99. The first-order chi connectivity index (χ1) is 12.2. The summed E-state index contributed by atoms with van der Waals surface area (Å²) in [5.74, 6) is 0. The van der Waals surface area contributed by atoms with Crippen LogP contribution in [0.3, 0.4) is 0 Å². The fourth-order valence-electron chi connectivity index (χ4n) is 3.04. The Morgan fingerprint density at radius 3 is 2.68 bits per heavy atom. The fraction of sp³-hybridized carbons (Fsp3) is 0.263. The lowest BCUT2D eigenvalue weighted by Gasteiger charge is -2.15. The van der Waals surface area contributed by atoms with E-state index in [-0.39, 0.29) is 13.2 Å². The van der Waals surface area contributed by atoms with Crippen molar-refractivity contribution in [2.24, 2.45) is 0 Å². The molecule has 0 aliphatic carbocycles. The van der Waals surface area contributed by atoms with Crippen LogP contribution in [0, 0.1) is 22.8 Å². The maximum Gasteiger partial charge on any atom is 0.179 e. The van der Waals surface area contributed by atoms with Crippen molar-refractivity contribution in [3.8, 4) is 23.4 Å². The van der Waals surface area contributed by atoms with Gasteiger partial charge in [0.2, 0.25) is 0 Å². The molecule has 0 saturated carbocycles. The Balaban J connectivity index is 2.06. The molecule has 2 aromatic rings. The molecule has 6 heteroatoms. The Morgan fingerprint density at radius 1 is 1.16 bits per heavy atom. The van der Waals surface area contributed by atoms with Gasteiger partial charge in [0.15, 0.2) is 6.19 Å². The second-order valence-corrected chi connectivity index (χ2v) is 5.99. The van der Waals surface area contributed by atoms with Crippen molar-refractivity contribution in [3.63, 3.8) is 0 Å². The van der Waals surface area contributed by atoms with Gasteiger partial charge in [-0.25, -0.2) is 0 Å². The molecule has 1 unspecified atom stereocenters. The number of rotatable bonds is 5. The van der Waals surface area contributed by atoms with Gasteiger partial charge in [0, 0.05) is 12.2 Å². The Hall–Kier alpha value is -3.06. The highest BCUT2D eigenvalue weighted by atomic mass is 16.3. The molecule has 0 amide bonds. The van der Waals surface area contributed by atoms with Crippen LogP contribution in [-0.4, -0.2) is 34.4 Å². The zero-order valence-corrected chi connectivity index (χ0v) is 13.6. The van der Waals surface area contributed by atoms with Crippen LogP contribution >= 0.6 is 0 Å². The molecule has 0 aromatic heterocycles. The molecule has 6 nitrogen and oxygen atoms in total. The van der Waals surface area contributed by atoms with E-state index in [2.05, 4.69) is 17.6 Å². The average Bonchev–Trinajstić information content (AvgIpc) is 3.08. The zero-order chi connectivity index (χ0) is 17.8. The van der Waals surface area contributed by atoms with Crippen molar-refractivity contribution >= 4 is 5.69 Å². The van der Waals surface area contributed by atoms with Crippen LogP contribution in [0.5, 0.6) is 0 Å². The normalized spacial score (nSPS) is 13.7. The summed E-state index contributed by atoms with van der Waals surface area (Å²) in [5, 5.41) is 40.3. The number of anilines is 1. The van der Waals surface area contributed by atoms with E-state index in [0.29, 0.717) is 18.7 Å². The lowest BCUT2D eigenvalue weighted by Crippen LogP contribution is -2.23. The molecule has 3 rings (SSSR count). The van der Waals surface area contributed by atoms with Crippen LogP contribution in [0.2, 0.25) is 0 Å². The maximum atomic E-state index is 9.55. The van der Waals surface area contributed by atoms with Crippen molar-refractivity contribution in [2.45, 2.75) is 19.2 Å². The molecule has 0 radical (unpaired) electrons. The van der Waals surface area contributed by atoms with Crippen molar-refractivity contribution in [2.75, 3.05) is 18.5 Å². The number of hydrogen-bond donors (Lipinski definition) is 3. The molecule has 0 fully saturated rings. The third-order valence-electron chi connectivity index (χ3n) is 4.28. The second kappa shape index (κ2) is 7.23. The van der Waals surface area contributed by atoms with Gasteiger partial charge in [-0.15, -0.1) is 0 Å². The van der Waals surface area contributed by atoms with Gasteiger partial charge in [0.05, 0.1) is 37.4 Å². The molecule has 0 saturated heterocycles. The molecule has 25 heavy (non-hydrogen) atoms. The van der Waals surface area contributed by atoms with Crippen molar-refractivity contribution < 1.29 is 10.2 Å². The van der Waals surface area contributed by atoms with E-state index in [0.717, 1.165) is 27.9 Å². The first-order valence-corrected chi connectivity index (χ1v) is 7.99. The largest absolute Gasteiger partial charge is 0.394 e. The Bertz CT molecular complexity index is 867. The summed E-state index contributed by atoms with van der Waals surface area (Å²) < 4.78 is 0. The van der Waals surface area contributed by atoms with Gasteiger partial charge in [-0.1, -0.05) is 18.2 Å². The summed E-state index contributed by atoms with van der Waals surface area (Å²) in [6.45, 7) is 0.937. The number of aliphatic hydroxyl groups is 2. The van der Waals surface area contributed by atoms with E-state index in [9.17, 15) is 15.6 Å². The minimum atomic E-state index is -0.848. The molecular weight excluding hydrogens is 316 g/mol. The number of nitrogens with one attached hydrogen (secondary N) is 1. The first kappa shape index (κ1) is 16.8. The molecule has 1 atom stereocenters. The highest BCUT2D eigenvalue weighted by Crippen LogP contribution is 2.36. The quantitative estimate of drug-likeness (QED) is 0.720. The number of nitriles is 2. The highest BCUT2D eigenvalue weighted by molar-refractivity contribution is 5.78. The highest BCUT2D eigenvalue weighted by Gasteiger charge is 2.23. The van der Waals surface area contributed by atoms with Crippen LogP contribution in [0.25, 0.3) is 11.1 Å². The van der Waals surface area contributed by atoms with E-state index < -0.39 is 6.10 Å². The Morgan fingerprint density at radius 2 is 1.96 bits per heavy atom. The average molecular weight is 334 g/mol. The van der Waals surface area contributed by atoms with Gasteiger partial charge >= 0.3 is 0 Å². The lowest BCUT2D eigenvalue weighted by molar-refractivity contribution is 0.105. The number of benzene rings is 2. The van der Waals surface area contributed by atoms with E-state index >= 15 is 0 Å². The van der Waals surface area contributed by atoms with Crippen LogP contribution in [-0.2, 0) is 13.1 Å². The third-order valence-corrected chi connectivity index (χ3v) is 4.28. The standard InChI is InChI=1S/C19H18N4O2/c20-7-13-3-1-2-4-17(13)18-6-15(22-8-16(25)11-24)5-14-9-23(12-21)10-19(14)18/h1-6,16,22,24-25H,8-11H2. The van der Waals surface area contributed by atoms with Gasteiger partial charge in [-0.3, -0.25) is 0 Å². The van der Waals surface area contributed by atoms with Gasteiger partial charge < -0.3 is 20.4 Å². The minimum absolute atomic E-state index is 0.219. The van der Waals surface area contributed by atoms with Crippen molar-refractivity contribution in [1.82, 2.24) is 4.90 Å². The topological polar surface area (TPSA) is 103 Å². The number of aliphatic hydroxyl groups excluding tert-OH is 2. The van der Waals surface area contributed by atoms with Crippen LogP contribution in [0.4, 0.5) is 5.69 Å². The summed E-state index contributed by atoms with van der Waals surface area (Å²) in [6, 6.07) is 13.5. The predicted molar refractivity (Wildman–Crippen MR) is 93.0 cm³/mol. The summed E-state index contributed by atoms with van der Waals surface area (Å²) in [5.41, 5.74) is 5.16. The van der Waals surface area contributed by atoms with Crippen LogP contribution in [0.15, 0.2) is 36.4 Å². The summed E-state index contributed by atoms with van der Waals surface area (Å²) in [4.78, 5) is 1.66. The molecular formula is C19H18N4O2. The summed E-state index contributed by atoms with van der Waals surface area (Å²) >= 11 is 0. The summed E-state index contributed by atoms with van der Waals surface area (Å²) in [6.07, 6.45) is 1.32. The Labute approximate surface area is 146 Å². The monoisotopic (exact) mass is 334 g/mol. The van der Waals surface area contributed by atoms with Gasteiger partial charge in [-0.05, 0) is 40.5 Å². The number of fused-ring (bicyclic) bond motifs is 1. The van der Waals surface area contributed by atoms with Gasteiger partial charge in [-0.2, -0.15) is 10.5 Å². The SMILES string of the molecule is N#Cc1ccccc1-c1cc(NCC(O)CO)cc2c1CN(C#N)C2. The molecule has 0 bridgehead atoms. The molecule has 2 aromatic carbocycles. The molecule has 1 aliphatic heterocycles. The maximum absolute atomic E-state index is 9.55. The fourth-order valence-corrected chi connectivity index (χ4v) is 3.04. The lowest BCUT2D eigenvalue weighted by atomic mass is 9.93. The van der Waals surface area contributed by atoms with Crippen molar-refractivity contribution in [3.05, 3.63) is 53.1 Å². The third kappa shape index (κ3) is 3.41. The predicted octanol–water partition coefficient (Wildman–Crippen LogP) is 1.79. The zero-order valence-electron chi connectivity index (χ0n) is 13.6. The summed E-state index contributed by atoms with van der Waals surface area (Å²) in [7, 11) is 0. The van der Waals surface area contributed by atoms with E-state index in [1.165, 1.54) is 0 Å². The molecule has 1 aliphatic rings. The van der Waals surface area contributed by atoms with E-state index in [1.54, 1.807) is 11.0 Å². The van der Waals surface area contributed by atoms with Crippen molar-refractivity contribution in [1.29, 1.82) is 10.5 Å². The molecule has 1 heterocycles. The Kier molecular flexibility index (Phi) is 4.85. The second-order valence-electron chi connectivity index (χ2n) is 5.99. The molecule has 126 valence electrons. The van der Waals surface area contributed by atoms with Crippen LogP contribution in [0.1, 0.15) is 16.7 Å². The number of nitrogens with zero attached hydrogens (tertiary/aromatic N) is 3. The van der Waals surface area contributed by atoms with E-state index in [1.807, 2.05) is 30.3 Å². The molecule has 3 N–H and O–H groups in total.